The molecule has 1 fully saturated rings. The fourth-order valence-electron chi connectivity index (χ4n) is 1.65. The molecule has 13 heavy (non-hydrogen) atoms. The average molecular weight is 179 g/mol. The summed E-state index contributed by atoms with van der Waals surface area (Å²) in [6.45, 7) is 0.988. The monoisotopic (exact) mass is 179 g/mol. The number of rotatable bonds is 2. The third-order valence-electron chi connectivity index (χ3n) is 2.37. The van der Waals surface area contributed by atoms with Crippen LogP contribution < -0.4 is 5.32 Å². The maximum Gasteiger partial charge on any atom is 0.113 e. The number of aliphatic hydroxyl groups excluding tert-OH is 1. The van der Waals surface area contributed by atoms with Crippen molar-refractivity contribution in [1.82, 2.24) is 15.3 Å². The summed E-state index contributed by atoms with van der Waals surface area (Å²) in [4.78, 5) is 8.00. The first kappa shape index (κ1) is 8.59. The highest BCUT2D eigenvalue weighted by Gasteiger charge is 2.24. The van der Waals surface area contributed by atoms with Gasteiger partial charge in [-0.1, -0.05) is 0 Å². The minimum absolute atomic E-state index is 0.150. The van der Waals surface area contributed by atoms with Gasteiger partial charge in [-0.15, -0.1) is 0 Å². The zero-order valence-electron chi connectivity index (χ0n) is 7.35. The zero-order chi connectivity index (χ0) is 9.10. The van der Waals surface area contributed by atoms with Gasteiger partial charge in [0.25, 0.3) is 0 Å². The van der Waals surface area contributed by atoms with Gasteiger partial charge in [0.15, 0.2) is 0 Å². The average Bonchev–Trinajstić information content (AvgIpc) is 2.71. The molecule has 0 aliphatic carbocycles. The lowest BCUT2D eigenvalue weighted by atomic mass is 10.1. The van der Waals surface area contributed by atoms with Gasteiger partial charge in [-0.05, 0) is 19.4 Å². The Hall–Kier alpha value is -1.00. The van der Waals surface area contributed by atoms with Crippen LogP contribution in [-0.4, -0.2) is 27.7 Å². The Balaban J connectivity index is 2.08. The fraction of sp³-hybridized carbons (Fsp3) is 0.556. The molecule has 4 heteroatoms. The van der Waals surface area contributed by atoms with E-state index in [4.69, 9.17) is 0 Å². The Morgan fingerprint density at radius 1 is 1.54 bits per heavy atom. The highest BCUT2D eigenvalue weighted by molar-refractivity contribution is 5.03. The van der Waals surface area contributed by atoms with Crippen molar-refractivity contribution in [2.75, 3.05) is 6.54 Å². The first-order chi connectivity index (χ1) is 6.38. The summed E-state index contributed by atoms with van der Waals surface area (Å²) in [5, 5.41) is 13.1. The minimum Gasteiger partial charge on any atom is -0.385 e. The Morgan fingerprint density at radius 2 is 2.46 bits per heavy atom. The lowest BCUT2D eigenvalue weighted by Crippen LogP contribution is -2.29. The molecule has 0 spiro atoms. The molecule has 1 aromatic rings. The second-order valence-corrected chi connectivity index (χ2v) is 3.28. The molecule has 0 aromatic carbocycles. The molecule has 1 saturated heterocycles. The van der Waals surface area contributed by atoms with Crippen molar-refractivity contribution in [1.29, 1.82) is 0 Å². The number of aromatic nitrogens is 2. The van der Waals surface area contributed by atoms with Crippen LogP contribution in [0.15, 0.2) is 18.6 Å². The largest absolute Gasteiger partial charge is 0.385 e. The normalized spacial score (nSPS) is 24.5. The molecule has 0 bridgehead atoms. The lowest BCUT2D eigenvalue weighted by molar-refractivity contribution is 0.132. The van der Waals surface area contributed by atoms with Crippen molar-refractivity contribution in [3.8, 4) is 0 Å². The molecule has 2 N–H and O–H groups in total. The summed E-state index contributed by atoms with van der Waals surface area (Å²) in [7, 11) is 0. The van der Waals surface area contributed by atoms with E-state index < -0.39 is 6.10 Å². The van der Waals surface area contributed by atoms with Crippen LogP contribution in [-0.2, 0) is 0 Å². The Kier molecular flexibility index (Phi) is 2.52. The van der Waals surface area contributed by atoms with Crippen molar-refractivity contribution in [2.45, 2.75) is 25.0 Å². The summed E-state index contributed by atoms with van der Waals surface area (Å²) >= 11 is 0. The molecule has 2 heterocycles. The topological polar surface area (TPSA) is 58.0 Å². The van der Waals surface area contributed by atoms with E-state index in [0.717, 1.165) is 19.4 Å². The van der Waals surface area contributed by atoms with Gasteiger partial charge >= 0.3 is 0 Å². The van der Waals surface area contributed by atoms with E-state index in [0.29, 0.717) is 5.69 Å². The van der Waals surface area contributed by atoms with Gasteiger partial charge in [-0.3, -0.25) is 9.97 Å². The van der Waals surface area contributed by atoms with E-state index in [-0.39, 0.29) is 6.04 Å². The third kappa shape index (κ3) is 1.84. The van der Waals surface area contributed by atoms with Gasteiger partial charge in [-0.2, -0.15) is 0 Å². The summed E-state index contributed by atoms with van der Waals surface area (Å²) in [6.07, 6.45) is 6.45. The molecule has 1 aliphatic heterocycles. The van der Waals surface area contributed by atoms with Crippen molar-refractivity contribution >= 4 is 0 Å². The number of hydrogen-bond acceptors (Lipinski definition) is 4. The summed E-state index contributed by atoms with van der Waals surface area (Å²) in [5.74, 6) is 0. The van der Waals surface area contributed by atoms with Gasteiger partial charge < -0.3 is 10.4 Å². The van der Waals surface area contributed by atoms with Crippen LogP contribution in [0.5, 0.6) is 0 Å². The molecule has 0 amide bonds. The van der Waals surface area contributed by atoms with Crippen molar-refractivity contribution in [3.63, 3.8) is 0 Å². The van der Waals surface area contributed by atoms with Crippen LogP contribution in [0.2, 0.25) is 0 Å². The van der Waals surface area contributed by atoms with E-state index in [9.17, 15) is 5.11 Å². The number of nitrogens with zero attached hydrogens (tertiary/aromatic N) is 2. The molecule has 70 valence electrons. The van der Waals surface area contributed by atoms with Crippen LogP contribution in [0.3, 0.4) is 0 Å². The quantitative estimate of drug-likeness (QED) is 0.684. The van der Waals surface area contributed by atoms with Gasteiger partial charge in [0.2, 0.25) is 0 Å². The molecule has 0 saturated carbocycles. The highest BCUT2D eigenvalue weighted by atomic mass is 16.3. The Bertz CT molecular complexity index is 259. The second-order valence-electron chi connectivity index (χ2n) is 3.28. The Labute approximate surface area is 77.0 Å². The van der Waals surface area contributed by atoms with Crippen LogP contribution >= 0.6 is 0 Å². The van der Waals surface area contributed by atoms with E-state index >= 15 is 0 Å². The van der Waals surface area contributed by atoms with Crippen LogP contribution in [0.4, 0.5) is 0 Å². The summed E-state index contributed by atoms with van der Waals surface area (Å²) in [5.41, 5.74) is 0.655. The summed E-state index contributed by atoms with van der Waals surface area (Å²) in [6, 6.07) is 0.150. The van der Waals surface area contributed by atoms with Gasteiger partial charge in [-0.25, -0.2) is 0 Å². The molecule has 1 aliphatic rings. The van der Waals surface area contributed by atoms with E-state index in [2.05, 4.69) is 15.3 Å². The van der Waals surface area contributed by atoms with E-state index in [1.165, 1.54) is 0 Å². The third-order valence-corrected chi connectivity index (χ3v) is 2.37. The predicted molar refractivity (Wildman–Crippen MR) is 48.0 cm³/mol. The first-order valence-electron chi connectivity index (χ1n) is 4.55. The molecule has 4 nitrogen and oxygen atoms in total. The fourth-order valence-corrected chi connectivity index (χ4v) is 1.65. The second kappa shape index (κ2) is 3.81. The highest BCUT2D eigenvalue weighted by Crippen LogP contribution is 2.20. The maximum absolute atomic E-state index is 9.86. The molecule has 0 radical (unpaired) electrons. The zero-order valence-corrected chi connectivity index (χ0v) is 7.35. The Morgan fingerprint density at radius 3 is 3.08 bits per heavy atom. The number of hydrogen-bond donors (Lipinski definition) is 2. The minimum atomic E-state index is -0.517. The molecule has 2 atom stereocenters. The number of aliphatic hydroxyl groups is 1. The van der Waals surface area contributed by atoms with Crippen molar-refractivity contribution < 1.29 is 5.11 Å². The maximum atomic E-state index is 9.86. The van der Waals surface area contributed by atoms with E-state index in [1.54, 1.807) is 18.6 Å². The number of nitrogens with one attached hydrogen (secondary N) is 1. The molecule has 2 unspecified atom stereocenters. The molecular formula is C9H13N3O. The molecule has 1 aromatic heterocycles. The molecule has 2 rings (SSSR count). The van der Waals surface area contributed by atoms with Crippen molar-refractivity contribution in [2.24, 2.45) is 0 Å². The smallest absolute Gasteiger partial charge is 0.113 e. The summed E-state index contributed by atoms with van der Waals surface area (Å²) < 4.78 is 0. The molecular weight excluding hydrogens is 166 g/mol. The van der Waals surface area contributed by atoms with Gasteiger partial charge in [0, 0.05) is 18.4 Å². The SMILES string of the molecule is OC(c1cnccn1)C1CCCN1. The first-order valence-corrected chi connectivity index (χ1v) is 4.55. The van der Waals surface area contributed by atoms with Crippen LogP contribution in [0.1, 0.15) is 24.6 Å². The lowest BCUT2D eigenvalue weighted by Gasteiger charge is -2.16. The van der Waals surface area contributed by atoms with Gasteiger partial charge in [0.1, 0.15) is 6.10 Å². The van der Waals surface area contributed by atoms with Crippen molar-refractivity contribution in [3.05, 3.63) is 24.3 Å². The van der Waals surface area contributed by atoms with Crippen LogP contribution in [0, 0.1) is 0 Å². The van der Waals surface area contributed by atoms with Gasteiger partial charge in [0.05, 0.1) is 11.9 Å². The standard InChI is InChI=1S/C9H13N3O/c13-9(7-2-1-3-11-7)8-6-10-4-5-12-8/h4-7,9,11,13H,1-3H2. The predicted octanol–water partition coefficient (Wildman–Crippen LogP) is 0.262. The van der Waals surface area contributed by atoms with E-state index in [1.807, 2.05) is 0 Å². The van der Waals surface area contributed by atoms with Crippen LogP contribution in [0.25, 0.3) is 0 Å².